The van der Waals surface area contributed by atoms with E-state index in [1.165, 1.54) is 94.9 Å². The number of unbranched alkanes of at least 4 members (excludes halogenated alkanes) is 7. The van der Waals surface area contributed by atoms with Crippen LogP contribution in [0.25, 0.3) is 11.1 Å². The van der Waals surface area contributed by atoms with E-state index < -0.39 is 78.4 Å². The molecule has 0 spiro atoms. The highest BCUT2D eigenvalue weighted by Gasteiger charge is 2.34. The SMILES string of the molecule is CCCCCCCCCCC(=O)N(C)[C@H](CO)C(=O)N[C@H](C)C(=O)CCC(=O)N(C)[C@@H]1C(=O)C[C@@H](C)C(=O)N[C@H](C(=O)O)Cc2ccc(O)c(c2)-c2cc1ccc2O. The normalized spacial score (nSPS) is 17.9. The van der Waals surface area contributed by atoms with Crippen LogP contribution in [0.1, 0.15) is 115 Å². The second kappa shape index (κ2) is 22.6. The number of rotatable bonds is 19. The highest BCUT2D eigenvalue weighted by molar-refractivity contribution is 5.96. The molecule has 2 aromatic carbocycles. The Bertz CT molecular complexity index is 1800. The molecule has 318 valence electrons. The number of hydrogen-bond acceptors (Lipinski definition) is 10. The van der Waals surface area contributed by atoms with Crippen LogP contribution in [0.15, 0.2) is 36.4 Å². The van der Waals surface area contributed by atoms with Gasteiger partial charge in [0.15, 0.2) is 11.6 Å². The fraction of sp³-hybridized carbons (Fsp3) is 0.558. The Morgan fingerprint density at radius 3 is 2.05 bits per heavy atom. The van der Waals surface area contributed by atoms with E-state index in [1.807, 2.05) is 0 Å². The number of nitrogens with zero attached hydrogens (tertiary/aromatic N) is 2. The minimum Gasteiger partial charge on any atom is -0.507 e. The van der Waals surface area contributed by atoms with Crippen molar-refractivity contribution in [2.45, 2.75) is 128 Å². The van der Waals surface area contributed by atoms with Gasteiger partial charge in [0, 0.05) is 63.2 Å². The number of likely N-dealkylation sites (N-methyl/N-ethyl adjacent to an activating group) is 2. The summed E-state index contributed by atoms with van der Waals surface area (Å²) in [6.07, 6.45) is 7.41. The first-order valence-electron chi connectivity index (χ1n) is 20.2. The summed E-state index contributed by atoms with van der Waals surface area (Å²) in [6.45, 7) is 4.39. The molecule has 4 amide bonds. The molecule has 0 unspecified atom stereocenters. The number of phenolic OH excluding ortho intramolecular Hbond substituents is 2. The molecule has 0 aliphatic carbocycles. The number of carbonyl (C=O) groups is 7. The van der Waals surface area contributed by atoms with Gasteiger partial charge < -0.3 is 40.9 Å². The second-order valence-electron chi connectivity index (χ2n) is 15.3. The molecule has 0 aromatic heterocycles. The van der Waals surface area contributed by atoms with Gasteiger partial charge in [-0.15, -0.1) is 0 Å². The minimum absolute atomic E-state index is 0.109. The predicted octanol–water partition coefficient (Wildman–Crippen LogP) is 4.19. The molecule has 0 saturated carbocycles. The van der Waals surface area contributed by atoms with Crippen molar-refractivity contribution in [2.24, 2.45) is 5.92 Å². The van der Waals surface area contributed by atoms with Crippen LogP contribution in [0.4, 0.5) is 0 Å². The smallest absolute Gasteiger partial charge is 0.326 e. The molecule has 3 rings (SSSR count). The molecular weight excluding hydrogens is 748 g/mol. The zero-order chi connectivity index (χ0) is 43.1. The van der Waals surface area contributed by atoms with Crippen LogP contribution in [0, 0.1) is 5.92 Å². The molecule has 2 aromatic rings. The van der Waals surface area contributed by atoms with Gasteiger partial charge in [-0.3, -0.25) is 28.8 Å². The lowest BCUT2D eigenvalue weighted by Crippen LogP contribution is -2.53. The van der Waals surface area contributed by atoms with Crippen LogP contribution in [0.2, 0.25) is 0 Å². The number of carbonyl (C=O) groups excluding carboxylic acids is 6. The molecule has 1 aliphatic heterocycles. The molecule has 15 nitrogen and oxygen atoms in total. The molecule has 1 aliphatic rings. The van der Waals surface area contributed by atoms with Gasteiger partial charge in [0.25, 0.3) is 0 Å². The second-order valence-corrected chi connectivity index (χ2v) is 15.3. The Kier molecular flexibility index (Phi) is 18.3. The maximum atomic E-state index is 14.0. The summed E-state index contributed by atoms with van der Waals surface area (Å²) in [5.74, 6) is -6.27. The number of fused-ring (bicyclic) bond motifs is 5. The van der Waals surface area contributed by atoms with Gasteiger partial charge in [-0.05, 0) is 48.7 Å². The zero-order valence-corrected chi connectivity index (χ0v) is 34.3. The number of aromatic hydroxyl groups is 2. The molecule has 15 heteroatoms. The van der Waals surface area contributed by atoms with Crippen molar-refractivity contribution in [3.05, 3.63) is 47.5 Å². The molecule has 6 N–H and O–H groups in total. The molecule has 5 atom stereocenters. The molecule has 0 radical (unpaired) electrons. The average Bonchev–Trinajstić information content (AvgIpc) is 3.18. The largest absolute Gasteiger partial charge is 0.507 e. The summed E-state index contributed by atoms with van der Waals surface area (Å²) in [4.78, 5) is 94.2. The number of hydrogen-bond donors (Lipinski definition) is 6. The first-order chi connectivity index (χ1) is 27.5. The summed E-state index contributed by atoms with van der Waals surface area (Å²) in [7, 11) is 2.78. The van der Waals surface area contributed by atoms with Gasteiger partial charge in [0.1, 0.15) is 29.6 Å². The van der Waals surface area contributed by atoms with Crippen LogP contribution < -0.4 is 10.6 Å². The van der Waals surface area contributed by atoms with Gasteiger partial charge in [-0.1, -0.05) is 70.9 Å². The third-order valence-electron chi connectivity index (χ3n) is 10.8. The third-order valence-corrected chi connectivity index (χ3v) is 10.8. The number of amides is 4. The Balaban J connectivity index is 1.72. The number of carboxylic acid groups (broad SMARTS) is 1. The fourth-order valence-electron chi connectivity index (χ4n) is 7.05. The monoisotopic (exact) mass is 808 g/mol. The Hall–Kier alpha value is -5.31. The van der Waals surface area contributed by atoms with Crippen molar-refractivity contribution < 1.29 is 54.0 Å². The number of benzene rings is 2. The third kappa shape index (κ3) is 13.1. The Morgan fingerprint density at radius 2 is 1.43 bits per heavy atom. The Morgan fingerprint density at radius 1 is 0.828 bits per heavy atom. The van der Waals surface area contributed by atoms with Crippen molar-refractivity contribution in [3.63, 3.8) is 0 Å². The van der Waals surface area contributed by atoms with Gasteiger partial charge in [0.05, 0.1) is 12.6 Å². The first-order valence-corrected chi connectivity index (χ1v) is 20.2. The van der Waals surface area contributed by atoms with Crippen molar-refractivity contribution in [1.82, 2.24) is 20.4 Å². The number of Topliss-reactive ketones (excluding diaryl/α,β-unsaturated/α-hetero) is 2. The lowest BCUT2D eigenvalue weighted by molar-refractivity contribution is -0.143. The van der Waals surface area contributed by atoms with Crippen LogP contribution >= 0.6 is 0 Å². The van der Waals surface area contributed by atoms with Gasteiger partial charge in [-0.25, -0.2) is 4.79 Å². The minimum atomic E-state index is -1.36. The number of ketones is 2. The Labute approximate surface area is 340 Å². The summed E-state index contributed by atoms with van der Waals surface area (Å²) >= 11 is 0. The van der Waals surface area contributed by atoms with E-state index in [4.69, 9.17) is 0 Å². The molecular formula is C43H60N4O11. The van der Waals surface area contributed by atoms with Crippen LogP contribution in [0.5, 0.6) is 11.5 Å². The summed E-state index contributed by atoms with van der Waals surface area (Å²) in [5, 5.41) is 46.4. The van der Waals surface area contributed by atoms with Crippen molar-refractivity contribution >= 4 is 41.2 Å². The number of carboxylic acids is 1. The van der Waals surface area contributed by atoms with E-state index in [0.29, 0.717) is 12.0 Å². The number of aliphatic carboxylic acids is 1. The predicted molar refractivity (Wildman–Crippen MR) is 215 cm³/mol. The quantitative estimate of drug-likeness (QED) is 0.110. The van der Waals surface area contributed by atoms with Crippen LogP contribution in [0.3, 0.4) is 0 Å². The van der Waals surface area contributed by atoms with Crippen molar-refractivity contribution in [2.75, 3.05) is 20.7 Å². The highest BCUT2D eigenvalue weighted by Crippen LogP contribution is 2.39. The first kappa shape index (κ1) is 47.1. The van der Waals surface area contributed by atoms with E-state index in [2.05, 4.69) is 17.6 Å². The maximum absolute atomic E-state index is 14.0. The zero-order valence-electron chi connectivity index (χ0n) is 34.3. The van der Waals surface area contributed by atoms with E-state index in [0.717, 1.165) is 24.2 Å². The number of aliphatic hydroxyl groups is 1. The highest BCUT2D eigenvalue weighted by atomic mass is 16.4. The van der Waals surface area contributed by atoms with Crippen LogP contribution in [-0.2, 0) is 40.0 Å². The number of phenols is 2. The van der Waals surface area contributed by atoms with Gasteiger partial charge in [-0.2, -0.15) is 0 Å². The van der Waals surface area contributed by atoms with Gasteiger partial charge in [0.2, 0.25) is 23.6 Å². The molecule has 4 bridgehead atoms. The fourth-order valence-corrected chi connectivity index (χ4v) is 7.05. The van der Waals surface area contributed by atoms with E-state index in [-0.39, 0.29) is 59.8 Å². The summed E-state index contributed by atoms with van der Waals surface area (Å²) < 4.78 is 0. The average molecular weight is 809 g/mol. The standard InChI is InChI=1S/C43H60N4O11/c1-6-7-8-9-10-11-12-13-14-38(53)46(4)33(25-48)42(56)44-27(3)34(49)19-20-39(54)47(5)40-29-16-18-36(51)31(24-29)30-22-28(15-17-35(30)50)23-32(43(57)58)45-41(55)26(2)21-37(40)52/h15-18,22,24,26-27,32-33,40,48,50-51H,6-14,19-21,23,25H2,1-5H3,(H,44,56)(H,45,55)(H,57,58)/t26-,27-,32+,33-,40+/m1/s1. The van der Waals surface area contributed by atoms with Crippen molar-refractivity contribution in [3.8, 4) is 22.6 Å². The van der Waals surface area contributed by atoms with E-state index in [1.54, 1.807) is 0 Å². The molecule has 1 heterocycles. The number of nitrogens with one attached hydrogen (secondary N) is 2. The lowest BCUT2D eigenvalue weighted by atomic mass is 9.89. The van der Waals surface area contributed by atoms with Gasteiger partial charge >= 0.3 is 5.97 Å². The number of aliphatic hydroxyl groups excluding tert-OH is 1. The molecule has 58 heavy (non-hydrogen) atoms. The van der Waals surface area contributed by atoms with E-state index in [9.17, 15) is 54.0 Å². The van der Waals surface area contributed by atoms with E-state index >= 15 is 0 Å². The topological polar surface area (TPSA) is 231 Å². The van der Waals surface area contributed by atoms with Crippen LogP contribution in [-0.4, -0.2) is 110 Å². The molecule has 0 saturated heterocycles. The van der Waals surface area contributed by atoms with Crippen molar-refractivity contribution in [1.29, 1.82) is 0 Å². The molecule has 0 fully saturated rings. The summed E-state index contributed by atoms with van der Waals surface area (Å²) in [5.41, 5.74) is 0.918. The summed E-state index contributed by atoms with van der Waals surface area (Å²) in [6, 6.07) is 3.47. The lowest BCUT2D eigenvalue weighted by Gasteiger charge is -2.30. The maximum Gasteiger partial charge on any atom is 0.326 e.